The Balaban J connectivity index is 1.66. The molecule has 6 heteroatoms. The molecule has 24 heavy (non-hydrogen) atoms. The molecule has 2 amide bonds. The van der Waals surface area contributed by atoms with Crippen LogP contribution in [-0.4, -0.2) is 25.5 Å². The molecule has 2 N–H and O–H groups in total. The van der Waals surface area contributed by atoms with Gasteiger partial charge < -0.3 is 15.4 Å². The molecule has 0 aliphatic carbocycles. The van der Waals surface area contributed by atoms with E-state index in [2.05, 4.69) is 10.6 Å². The van der Waals surface area contributed by atoms with Crippen molar-refractivity contribution in [3.8, 4) is 0 Å². The molecule has 0 saturated heterocycles. The summed E-state index contributed by atoms with van der Waals surface area (Å²) >= 11 is 1.40. The smallest absolute Gasteiger partial charge is 0.261 e. The Morgan fingerprint density at radius 3 is 2.58 bits per heavy atom. The molecular weight excluding hydrogens is 324 g/mol. The Morgan fingerprint density at radius 2 is 1.88 bits per heavy atom. The fourth-order valence-electron chi connectivity index (χ4n) is 2.25. The number of rotatable bonds is 9. The van der Waals surface area contributed by atoms with Crippen LogP contribution in [0.1, 0.15) is 33.6 Å². The van der Waals surface area contributed by atoms with Gasteiger partial charge in [-0.3, -0.25) is 9.59 Å². The van der Waals surface area contributed by atoms with Crippen LogP contribution >= 0.6 is 11.3 Å². The predicted molar refractivity (Wildman–Crippen MR) is 94.9 cm³/mol. The molecule has 0 spiro atoms. The molecule has 0 unspecified atom stereocenters. The lowest BCUT2D eigenvalue weighted by Gasteiger charge is -2.10. The number of thiophene rings is 1. The summed E-state index contributed by atoms with van der Waals surface area (Å²) in [5, 5.41) is 7.59. The third kappa shape index (κ3) is 5.79. The van der Waals surface area contributed by atoms with E-state index in [9.17, 15) is 9.59 Å². The minimum absolute atomic E-state index is 0.0207. The van der Waals surface area contributed by atoms with E-state index in [0.717, 1.165) is 11.1 Å². The zero-order valence-electron chi connectivity index (χ0n) is 13.7. The van der Waals surface area contributed by atoms with Crippen LogP contribution in [0.2, 0.25) is 0 Å². The molecular formula is C18H22N2O3S. The fourth-order valence-corrected chi connectivity index (χ4v) is 2.89. The van der Waals surface area contributed by atoms with Crippen LogP contribution in [0.25, 0.3) is 0 Å². The highest BCUT2D eigenvalue weighted by Gasteiger charge is 2.07. The van der Waals surface area contributed by atoms with Crippen molar-refractivity contribution in [3.63, 3.8) is 0 Å². The Bertz CT molecular complexity index is 656. The second-order valence-corrected chi connectivity index (χ2v) is 6.26. The highest BCUT2D eigenvalue weighted by molar-refractivity contribution is 7.12. The summed E-state index contributed by atoms with van der Waals surface area (Å²) in [4.78, 5) is 24.3. The zero-order chi connectivity index (χ0) is 17.2. The number of carbonyl (C=O) groups excluding carboxylic acids is 2. The topological polar surface area (TPSA) is 67.4 Å². The van der Waals surface area contributed by atoms with E-state index in [0.29, 0.717) is 37.4 Å². The number of ether oxygens (including phenoxy) is 1. The lowest BCUT2D eigenvalue weighted by molar-refractivity contribution is -0.121. The Kier molecular flexibility index (Phi) is 7.45. The Labute approximate surface area is 146 Å². The molecule has 1 aromatic carbocycles. The van der Waals surface area contributed by atoms with Gasteiger partial charge in [-0.15, -0.1) is 11.3 Å². The quantitative estimate of drug-likeness (QED) is 0.686. The molecule has 0 aliphatic rings. The number of nitrogens with one attached hydrogen (secondary N) is 2. The largest absolute Gasteiger partial charge is 0.380 e. The summed E-state index contributed by atoms with van der Waals surface area (Å²) < 4.78 is 5.16. The first kappa shape index (κ1) is 18.2. The van der Waals surface area contributed by atoms with Crippen LogP contribution in [0.4, 0.5) is 0 Å². The molecule has 0 fully saturated rings. The monoisotopic (exact) mass is 346 g/mol. The zero-order valence-corrected chi connectivity index (χ0v) is 14.5. The lowest BCUT2D eigenvalue weighted by Crippen LogP contribution is -2.27. The summed E-state index contributed by atoms with van der Waals surface area (Å²) in [6.07, 6.45) is 1.000. The molecule has 5 nitrogen and oxygen atoms in total. The third-order valence-electron chi connectivity index (χ3n) is 3.51. The summed E-state index contributed by atoms with van der Waals surface area (Å²) in [6.45, 7) is 1.51. The second kappa shape index (κ2) is 9.85. The van der Waals surface area contributed by atoms with Gasteiger partial charge >= 0.3 is 0 Å². The predicted octanol–water partition coefficient (Wildman–Crippen LogP) is 2.72. The van der Waals surface area contributed by atoms with Gasteiger partial charge in [0.2, 0.25) is 5.91 Å². The molecule has 0 radical (unpaired) electrons. The van der Waals surface area contributed by atoms with Gasteiger partial charge in [0.25, 0.3) is 5.91 Å². The minimum atomic E-state index is -0.0844. The van der Waals surface area contributed by atoms with Gasteiger partial charge in [0.05, 0.1) is 11.5 Å². The Hall–Kier alpha value is -2.18. The number of carbonyl (C=O) groups is 2. The van der Waals surface area contributed by atoms with Crippen LogP contribution in [0.15, 0.2) is 41.8 Å². The normalized spacial score (nSPS) is 10.4. The van der Waals surface area contributed by atoms with Gasteiger partial charge in [-0.1, -0.05) is 30.3 Å². The first-order chi connectivity index (χ1) is 11.7. The maximum atomic E-state index is 11.9. The van der Waals surface area contributed by atoms with Crippen molar-refractivity contribution < 1.29 is 14.3 Å². The highest BCUT2D eigenvalue weighted by Crippen LogP contribution is 2.10. The van der Waals surface area contributed by atoms with Crippen LogP contribution in [-0.2, 0) is 22.7 Å². The van der Waals surface area contributed by atoms with E-state index >= 15 is 0 Å². The maximum Gasteiger partial charge on any atom is 0.261 e. The van der Waals surface area contributed by atoms with Crippen LogP contribution < -0.4 is 10.6 Å². The summed E-state index contributed by atoms with van der Waals surface area (Å²) in [5.41, 5.74) is 2.13. The highest BCUT2D eigenvalue weighted by atomic mass is 32.1. The minimum Gasteiger partial charge on any atom is -0.380 e. The van der Waals surface area contributed by atoms with E-state index < -0.39 is 0 Å². The molecule has 1 heterocycles. The van der Waals surface area contributed by atoms with Gasteiger partial charge in [0.1, 0.15) is 0 Å². The molecule has 2 aromatic rings. The molecule has 0 atom stereocenters. The SMILES string of the molecule is COCc1ccccc1CNC(=O)CCCNC(=O)c1cccs1. The van der Waals surface area contributed by atoms with Gasteiger partial charge in [0.15, 0.2) is 0 Å². The molecule has 0 aliphatic heterocycles. The summed E-state index contributed by atoms with van der Waals surface area (Å²) in [5.74, 6) is -0.105. The first-order valence-corrected chi connectivity index (χ1v) is 8.73. The average Bonchev–Trinajstić information content (AvgIpc) is 3.13. The van der Waals surface area contributed by atoms with Crippen molar-refractivity contribution in [2.75, 3.05) is 13.7 Å². The first-order valence-electron chi connectivity index (χ1n) is 7.85. The number of hydrogen-bond acceptors (Lipinski definition) is 4. The van der Waals surface area contributed by atoms with E-state index in [1.54, 1.807) is 13.2 Å². The standard InChI is InChI=1S/C18H22N2O3S/c1-23-13-15-7-3-2-6-14(15)12-20-17(21)9-4-10-19-18(22)16-8-5-11-24-16/h2-3,5-8,11H,4,9-10,12-13H2,1H3,(H,19,22)(H,20,21). The average molecular weight is 346 g/mol. The van der Waals surface area contributed by atoms with Crippen molar-refractivity contribution in [2.45, 2.75) is 26.0 Å². The van der Waals surface area contributed by atoms with Crippen LogP contribution in [0.3, 0.4) is 0 Å². The third-order valence-corrected chi connectivity index (χ3v) is 4.37. The van der Waals surface area contributed by atoms with Crippen molar-refractivity contribution in [1.82, 2.24) is 10.6 Å². The summed E-state index contributed by atoms with van der Waals surface area (Å²) in [7, 11) is 1.65. The van der Waals surface area contributed by atoms with E-state index in [1.807, 2.05) is 35.7 Å². The van der Waals surface area contributed by atoms with Crippen LogP contribution in [0.5, 0.6) is 0 Å². The van der Waals surface area contributed by atoms with Crippen molar-refractivity contribution in [3.05, 3.63) is 57.8 Å². The molecule has 1 aromatic heterocycles. The summed E-state index contributed by atoms with van der Waals surface area (Å²) in [6, 6.07) is 11.5. The fraction of sp³-hybridized carbons (Fsp3) is 0.333. The number of benzene rings is 1. The molecule has 0 saturated carbocycles. The van der Waals surface area contributed by atoms with Gasteiger partial charge in [0, 0.05) is 26.6 Å². The van der Waals surface area contributed by atoms with E-state index in [1.165, 1.54) is 11.3 Å². The number of amides is 2. The van der Waals surface area contributed by atoms with Crippen molar-refractivity contribution in [1.29, 1.82) is 0 Å². The van der Waals surface area contributed by atoms with Crippen molar-refractivity contribution in [2.24, 2.45) is 0 Å². The lowest BCUT2D eigenvalue weighted by atomic mass is 10.1. The number of hydrogen-bond donors (Lipinski definition) is 2. The molecule has 128 valence electrons. The number of methoxy groups -OCH3 is 1. The maximum absolute atomic E-state index is 11.9. The second-order valence-electron chi connectivity index (χ2n) is 5.32. The van der Waals surface area contributed by atoms with E-state index in [-0.39, 0.29) is 11.8 Å². The van der Waals surface area contributed by atoms with E-state index in [4.69, 9.17) is 4.74 Å². The molecule has 0 bridgehead atoms. The Morgan fingerprint density at radius 1 is 1.08 bits per heavy atom. The molecule has 2 rings (SSSR count). The van der Waals surface area contributed by atoms with Gasteiger partial charge in [-0.05, 0) is 29.0 Å². The van der Waals surface area contributed by atoms with Crippen LogP contribution in [0, 0.1) is 0 Å². The van der Waals surface area contributed by atoms with Gasteiger partial charge in [-0.2, -0.15) is 0 Å². The van der Waals surface area contributed by atoms with Gasteiger partial charge in [-0.25, -0.2) is 0 Å². The van der Waals surface area contributed by atoms with Crippen molar-refractivity contribution >= 4 is 23.2 Å².